The molecule has 1 unspecified atom stereocenters. The van der Waals surface area contributed by atoms with E-state index in [1.165, 1.54) is 43.4 Å². The second-order valence-corrected chi connectivity index (χ2v) is 8.13. The van der Waals surface area contributed by atoms with Gasteiger partial charge in [-0.25, -0.2) is 4.39 Å². The molecule has 168 valence electrons. The fourth-order valence-corrected chi connectivity index (χ4v) is 4.33. The number of carbonyl (C=O) groups is 2. The highest BCUT2D eigenvalue weighted by Crippen LogP contribution is 2.43. The van der Waals surface area contributed by atoms with Crippen molar-refractivity contribution in [1.82, 2.24) is 0 Å². The Morgan fingerprint density at radius 3 is 2.36 bits per heavy atom. The molecule has 0 aliphatic carbocycles. The van der Waals surface area contributed by atoms with Crippen molar-refractivity contribution in [2.75, 3.05) is 19.1 Å². The van der Waals surface area contributed by atoms with Crippen LogP contribution >= 0.6 is 15.9 Å². The molecule has 6 nitrogen and oxygen atoms in total. The van der Waals surface area contributed by atoms with Crippen LogP contribution in [0, 0.1) is 5.82 Å². The number of nitrogens with zero attached hydrogens (tertiary/aromatic N) is 1. The SMILES string of the molecule is COc1cccc(N2C(=O)C(=O)/C(=C(/O)c3ccc(OC)c(Br)c3)C2c2ccc(F)cc2)c1. The van der Waals surface area contributed by atoms with Crippen LogP contribution in [0.25, 0.3) is 5.76 Å². The summed E-state index contributed by atoms with van der Waals surface area (Å²) in [6.45, 7) is 0. The van der Waals surface area contributed by atoms with Gasteiger partial charge in [-0.2, -0.15) is 0 Å². The fraction of sp³-hybridized carbons (Fsp3) is 0.120. The molecule has 1 fully saturated rings. The van der Waals surface area contributed by atoms with Gasteiger partial charge in [-0.15, -0.1) is 0 Å². The third-order valence-electron chi connectivity index (χ3n) is 5.39. The number of methoxy groups -OCH3 is 2. The molecule has 1 N–H and O–H groups in total. The summed E-state index contributed by atoms with van der Waals surface area (Å²) in [7, 11) is 3.00. The Morgan fingerprint density at radius 1 is 1.00 bits per heavy atom. The van der Waals surface area contributed by atoms with Crippen LogP contribution < -0.4 is 14.4 Å². The highest BCUT2D eigenvalue weighted by atomic mass is 79.9. The largest absolute Gasteiger partial charge is 0.507 e. The number of hydrogen-bond acceptors (Lipinski definition) is 5. The first-order valence-electron chi connectivity index (χ1n) is 9.90. The van der Waals surface area contributed by atoms with Crippen LogP contribution in [0.15, 0.2) is 76.8 Å². The molecule has 4 rings (SSSR count). The van der Waals surface area contributed by atoms with Crippen LogP contribution in [0.4, 0.5) is 10.1 Å². The van der Waals surface area contributed by atoms with Crippen molar-refractivity contribution in [2.24, 2.45) is 0 Å². The summed E-state index contributed by atoms with van der Waals surface area (Å²) in [5.74, 6) is -1.44. The number of anilines is 1. The van der Waals surface area contributed by atoms with Gasteiger partial charge in [0.15, 0.2) is 0 Å². The van der Waals surface area contributed by atoms with Gasteiger partial charge < -0.3 is 14.6 Å². The molecule has 1 aliphatic rings. The topological polar surface area (TPSA) is 76.1 Å². The zero-order chi connectivity index (χ0) is 23.7. The standard InChI is InChI=1S/C25H19BrFNO5/c1-32-18-5-3-4-17(13-18)28-22(14-6-9-16(27)10-7-14)21(24(30)25(28)31)23(29)15-8-11-20(33-2)19(26)12-15/h3-13,22,29H,1-2H3/b23-21+. The predicted octanol–water partition coefficient (Wildman–Crippen LogP) is 5.23. The smallest absolute Gasteiger partial charge is 0.300 e. The van der Waals surface area contributed by atoms with E-state index < -0.39 is 23.5 Å². The average molecular weight is 512 g/mol. The molecule has 0 saturated carbocycles. The lowest BCUT2D eigenvalue weighted by atomic mass is 9.95. The zero-order valence-electron chi connectivity index (χ0n) is 17.7. The number of ether oxygens (including phenoxy) is 2. The Labute approximate surface area is 198 Å². The predicted molar refractivity (Wildman–Crippen MR) is 125 cm³/mol. The Bertz CT molecular complexity index is 1270. The van der Waals surface area contributed by atoms with Crippen LogP contribution in [-0.2, 0) is 9.59 Å². The molecule has 1 aliphatic heterocycles. The average Bonchev–Trinajstić information content (AvgIpc) is 3.09. The van der Waals surface area contributed by atoms with Gasteiger partial charge in [0, 0.05) is 17.3 Å². The number of amides is 1. The second kappa shape index (κ2) is 9.07. The van der Waals surface area contributed by atoms with Gasteiger partial charge in [0.25, 0.3) is 11.7 Å². The number of halogens is 2. The third kappa shape index (κ3) is 4.09. The second-order valence-electron chi connectivity index (χ2n) is 7.27. The number of hydrogen-bond donors (Lipinski definition) is 1. The van der Waals surface area contributed by atoms with E-state index in [9.17, 15) is 19.1 Å². The number of aliphatic hydroxyl groups is 1. The maximum Gasteiger partial charge on any atom is 0.300 e. The maximum atomic E-state index is 13.6. The monoisotopic (exact) mass is 511 g/mol. The molecule has 0 aromatic heterocycles. The van der Waals surface area contributed by atoms with Crippen molar-refractivity contribution in [1.29, 1.82) is 0 Å². The highest BCUT2D eigenvalue weighted by Gasteiger charge is 2.47. The van der Waals surface area contributed by atoms with Crippen molar-refractivity contribution >= 4 is 39.1 Å². The van der Waals surface area contributed by atoms with Crippen molar-refractivity contribution in [3.8, 4) is 11.5 Å². The third-order valence-corrected chi connectivity index (χ3v) is 6.01. The first-order valence-corrected chi connectivity index (χ1v) is 10.7. The van der Waals surface area contributed by atoms with Crippen LogP contribution in [0.5, 0.6) is 11.5 Å². The van der Waals surface area contributed by atoms with E-state index in [0.717, 1.165) is 0 Å². The Hall–Kier alpha value is -3.65. The van der Waals surface area contributed by atoms with Crippen LogP contribution in [0.2, 0.25) is 0 Å². The quantitative estimate of drug-likeness (QED) is 0.288. The van der Waals surface area contributed by atoms with Crippen LogP contribution in [0.1, 0.15) is 17.2 Å². The summed E-state index contributed by atoms with van der Waals surface area (Å²) in [5, 5.41) is 11.2. The normalized spacial score (nSPS) is 17.3. The number of benzene rings is 3. The summed E-state index contributed by atoms with van der Waals surface area (Å²) in [6.07, 6.45) is 0. The Balaban J connectivity index is 1.93. The van der Waals surface area contributed by atoms with Gasteiger partial charge in [-0.3, -0.25) is 14.5 Å². The molecule has 0 spiro atoms. The maximum absolute atomic E-state index is 13.6. The van der Waals surface area contributed by atoms with Gasteiger partial charge in [-0.1, -0.05) is 18.2 Å². The molecule has 1 saturated heterocycles. The summed E-state index contributed by atoms with van der Waals surface area (Å²) < 4.78 is 24.7. The Kier molecular flexibility index (Phi) is 6.20. The van der Waals surface area contributed by atoms with Crippen molar-refractivity contribution < 1.29 is 28.6 Å². The Morgan fingerprint density at radius 2 is 1.73 bits per heavy atom. The highest BCUT2D eigenvalue weighted by molar-refractivity contribution is 9.10. The van der Waals surface area contributed by atoms with Crippen molar-refractivity contribution in [2.45, 2.75) is 6.04 Å². The minimum atomic E-state index is -0.974. The van der Waals surface area contributed by atoms with E-state index in [2.05, 4.69) is 15.9 Å². The van der Waals surface area contributed by atoms with Gasteiger partial charge in [0.1, 0.15) is 23.1 Å². The lowest BCUT2D eigenvalue weighted by molar-refractivity contribution is -0.132. The minimum Gasteiger partial charge on any atom is -0.507 e. The summed E-state index contributed by atoms with van der Waals surface area (Å²) in [4.78, 5) is 27.6. The minimum absolute atomic E-state index is 0.105. The number of carbonyl (C=O) groups excluding carboxylic acids is 2. The zero-order valence-corrected chi connectivity index (χ0v) is 19.3. The lowest BCUT2D eigenvalue weighted by Crippen LogP contribution is -2.29. The fourth-order valence-electron chi connectivity index (χ4n) is 3.79. The molecule has 8 heteroatoms. The van der Waals surface area contributed by atoms with E-state index in [1.54, 1.807) is 42.5 Å². The molecule has 1 amide bonds. The van der Waals surface area contributed by atoms with E-state index in [0.29, 0.717) is 32.8 Å². The lowest BCUT2D eigenvalue weighted by Gasteiger charge is -2.25. The summed E-state index contributed by atoms with van der Waals surface area (Å²) in [6, 6.07) is 16.0. The summed E-state index contributed by atoms with van der Waals surface area (Å²) >= 11 is 3.37. The summed E-state index contributed by atoms with van der Waals surface area (Å²) in [5.41, 5.74) is 1.08. The van der Waals surface area contributed by atoms with Gasteiger partial charge in [0.2, 0.25) is 0 Å². The van der Waals surface area contributed by atoms with Crippen molar-refractivity contribution in [3.63, 3.8) is 0 Å². The van der Waals surface area contributed by atoms with E-state index in [4.69, 9.17) is 9.47 Å². The molecular weight excluding hydrogens is 493 g/mol. The number of aliphatic hydroxyl groups excluding tert-OH is 1. The molecular formula is C25H19BrFNO5. The number of ketones is 1. The van der Waals surface area contributed by atoms with Crippen LogP contribution in [0.3, 0.4) is 0 Å². The van der Waals surface area contributed by atoms with Gasteiger partial charge in [0.05, 0.1) is 30.3 Å². The molecule has 1 heterocycles. The van der Waals surface area contributed by atoms with Gasteiger partial charge in [-0.05, 0) is 64.0 Å². The molecule has 0 bridgehead atoms. The molecule has 1 atom stereocenters. The molecule has 0 radical (unpaired) electrons. The van der Waals surface area contributed by atoms with E-state index in [1.807, 2.05) is 0 Å². The molecule has 33 heavy (non-hydrogen) atoms. The first kappa shape index (κ1) is 22.5. The molecule has 3 aromatic rings. The number of Topliss-reactive ketones (excluding diaryl/α,β-unsaturated/α-hetero) is 1. The van der Waals surface area contributed by atoms with Crippen LogP contribution in [-0.4, -0.2) is 31.0 Å². The van der Waals surface area contributed by atoms with Crippen molar-refractivity contribution in [3.05, 3.63) is 93.7 Å². The van der Waals surface area contributed by atoms with Gasteiger partial charge >= 0.3 is 0 Å². The molecule has 3 aromatic carbocycles. The number of rotatable bonds is 5. The first-order chi connectivity index (χ1) is 15.8. The van der Waals surface area contributed by atoms with E-state index in [-0.39, 0.29) is 11.3 Å². The van der Waals surface area contributed by atoms with E-state index >= 15 is 0 Å².